The van der Waals surface area contributed by atoms with Crippen LogP contribution in [-0.2, 0) is 4.74 Å². The second kappa shape index (κ2) is 10.3. The molecule has 2 aliphatic rings. The molecule has 2 fully saturated rings. The molecule has 1 atom stereocenters. The van der Waals surface area contributed by atoms with Crippen LogP contribution < -0.4 is 16.0 Å². The molecule has 2 aromatic heterocycles. The highest BCUT2D eigenvalue weighted by Crippen LogP contribution is 2.44. The molecule has 0 bridgehead atoms. The third-order valence-electron chi connectivity index (χ3n) is 6.45. The van der Waals surface area contributed by atoms with Crippen LogP contribution in [0.2, 0.25) is 5.02 Å². The van der Waals surface area contributed by atoms with Crippen LogP contribution in [0.4, 0.5) is 11.8 Å². The second-order valence-corrected chi connectivity index (χ2v) is 9.97. The molecule has 2 aliphatic carbocycles. The van der Waals surface area contributed by atoms with E-state index in [2.05, 4.69) is 49.7 Å². The standard InChI is InChI=1S/C23H34ClN7O/c1-15(12-32-3)29-16-4-6-17(7-5-16)30-22-25-11-18(24)21(31-22)19-10-20(28-14-27-19)26-13-23(2)8-9-23/h10-11,14-17,29H,4-9,12-13H2,1-3H3,(H,25,30,31)(H,26,27,28)/t15-,16?,17?/m1/s1. The van der Waals surface area contributed by atoms with E-state index >= 15 is 0 Å². The van der Waals surface area contributed by atoms with Crippen molar-refractivity contribution in [2.45, 2.75) is 70.5 Å². The first-order valence-electron chi connectivity index (χ1n) is 11.5. The monoisotopic (exact) mass is 459 g/mol. The van der Waals surface area contributed by atoms with Crippen molar-refractivity contribution in [3.8, 4) is 11.4 Å². The van der Waals surface area contributed by atoms with E-state index in [0.29, 0.717) is 45.9 Å². The average Bonchev–Trinajstić information content (AvgIpc) is 3.53. The maximum Gasteiger partial charge on any atom is 0.223 e. The van der Waals surface area contributed by atoms with E-state index in [0.717, 1.165) is 44.7 Å². The smallest absolute Gasteiger partial charge is 0.223 e. The molecule has 2 heterocycles. The molecule has 0 radical (unpaired) electrons. The van der Waals surface area contributed by atoms with Crippen molar-refractivity contribution in [2.75, 3.05) is 30.9 Å². The molecule has 8 nitrogen and oxygen atoms in total. The molecule has 0 amide bonds. The average molecular weight is 460 g/mol. The van der Waals surface area contributed by atoms with Crippen molar-refractivity contribution in [1.29, 1.82) is 0 Å². The zero-order valence-electron chi connectivity index (χ0n) is 19.2. The number of aromatic nitrogens is 4. The maximum atomic E-state index is 6.43. The SMILES string of the molecule is COC[C@@H](C)NC1CCC(Nc2ncc(Cl)c(-c3cc(NCC4(C)CC4)ncn3)n2)CC1. The van der Waals surface area contributed by atoms with Crippen LogP contribution in [0.25, 0.3) is 11.4 Å². The van der Waals surface area contributed by atoms with Crippen molar-refractivity contribution >= 4 is 23.4 Å². The lowest BCUT2D eigenvalue weighted by molar-refractivity contribution is 0.161. The molecule has 0 unspecified atom stereocenters. The summed E-state index contributed by atoms with van der Waals surface area (Å²) in [7, 11) is 1.74. The molecular weight excluding hydrogens is 426 g/mol. The van der Waals surface area contributed by atoms with E-state index in [1.54, 1.807) is 19.6 Å². The van der Waals surface area contributed by atoms with Gasteiger partial charge in [-0.3, -0.25) is 0 Å². The lowest BCUT2D eigenvalue weighted by atomic mass is 9.91. The van der Waals surface area contributed by atoms with Crippen molar-refractivity contribution < 1.29 is 4.74 Å². The number of anilines is 2. The van der Waals surface area contributed by atoms with Gasteiger partial charge < -0.3 is 20.7 Å². The van der Waals surface area contributed by atoms with Crippen LogP contribution in [0.3, 0.4) is 0 Å². The number of rotatable bonds is 10. The van der Waals surface area contributed by atoms with Gasteiger partial charge in [-0.2, -0.15) is 0 Å². The summed E-state index contributed by atoms with van der Waals surface area (Å²) < 4.78 is 5.23. The number of halogens is 1. The zero-order valence-corrected chi connectivity index (χ0v) is 20.0. The quantitative estimate of drug-likeness (QED) is 0.487. The van der Waals surface area contributed by atoms with Gasteiger partial charge in [0.25, 0.3) is 0 Å². The van der Waals surface area contributed by atoms with Crippen molar-refractivity contribution in [3.63, 3.8) is 0 Å². The van der Waals surface area contributed by atoms with Gasteiger partial charge in [-0.05, 0) is 50.9 Å². The van der Waals surface area contributed by atoms with Crippen molar-refractivity contribution in [2.24, 2.45) is 5.41 Å². The van der Waals surface area contributed by atoms with Crippen LogP contribution >= 0.6 is 11.6 Å². The Morgan fingerprint density at radius 1 is 1.16 bits per heavy atom. The van der Waals surface area contributed by atoms with Gasteiger partial charge in [0.1, 0.15) is 17.8 Å². The third-order valence-corrected chi connectivity index (χ3v) is 6.73. The lowest BCUT2D eigenvalue weighted by Crippen LogP contribution is -2.43. The number of hydrogen-bond donors (Lipinski definition) is 3. The molecule has 174 valence electrons. The molecule has 0 saturated heterocycles. The summed E-state index contributed by atoms with van der Waals surface area (Å²) >= 11 is 6.43. The number of nitrogens with one attached hydrogen (secondary N) is 3. The maximum absolute atomic E-state index is 6.43. The predicted molar refractivity (Wildman–Crippen MR) is 128 cm³/mol. The fourth-order valence-corrected chi connectivity index (χ4v) is 4.37. The normalized spacial score (nSPS) is 22.9. The minimum atomic E-state index is 0.349. The van der Waals surface area contributed by atoms with E-state index in [4.69, 9.17) is 16.3 Å². The first-order chi connectivity index (χ1) is 15.4. The number of nitrogens with zero attached hydrogens (tertiary/aromatic N) is 4. The molecule has 3 N–H and O–H groups in total. The van der Waals surface area contributed by atoms with E-state index in [-0.39, 0.29) is 0 Å². The molecule has 32 heavy (non-hydrogen) atoms. The largest absolute Gasteiger partial charge is 0.383 e. The minimum absolute atomic E-state index is 0.349. The number of ether oxygens (including phenoxy) is 1. The van der Waals surface area contributed by atoms with E-state index in [1.165, 1.54) is 12.8 Å². The van der Waals surface area contributed by atoms with Crippen molar-refractivity contribution in [1.82, 2.24) is 25.3 Å². The Hall–Kier alpha value is -2.03. The van der Waals surface area contributed by atoms with Crippen LogP contribution in [0.5, 0.6) is 0 Å². The molecule has 2 aromatic rings. The Morgan fingerprint density at radius 2 is 1.91 bits per heavy atom. The summed E-state index contributed by atoms with van der Waals surface area (Å²) in [6, 6.07) is 3.16. The van der Waals surface area contributed by atoms with Crippen LogP contribution in [0.15, 0.2) is 18.6 Å². The van der Waals surface area contributed by atoms with Gasteiger partial charge in [0.15, 0.2) is 0 Å². The van der Waals surface area contributed by atoms with Gasteiger partial charge in [0.2, 0.25) is 5.95 Å². The van der Waals surface area contributed by atoms with Crippen LogP contribution in [0.1, 0.15) is 52.4 Å². The van der Waals surface area contributed by atoms with Gasteiger partial charge in [0.05, 0.1) is 23.5 Å². The fraction of sp³-hybridized carbons (Fsp3) is 0.652. The molecule has 9 heteroatoms. The first-order valence-corrected chi connectivity index (χ1v) is 11.9. The minimum Gasteiger partial charge on any atom is -0.383 e. The van der Waals surface area contributed by atoms with Gasteiger partial charge in [-0.1, -0.05) is 18.5 Å². The van der Waals surface area contributed by atoms with E-state index in [1.807, 2.05) is 6.07 Å². The topological polar surface area (TPSA) is 96.9 Å². The lowest BCUT2D eigenvalue weighted by Gasteiger charge is -2.31. The highest BCUT2D eigenvalue weighted by Gasteiger charge is 2.36. The van der Waals surface area contributed by atoms with Crippen LogP contribution in [-0.4, -0.2) is 58.3 Å². The predicted octanol–water partition coefficient (Wildman–Crippen LogP) is 4.15. The summed E-state index contributed by atoms with van der Waals surface area (Å²) in [6.45, 7) is 6.09. The third kappa shape index (κ3) is 6.27. The Bertz CT molecular complexity index is 900. The summed E-state index contributed by atoms with van der Waals surface area (Å²) in [4.78, 5) is 17.8. The molecular formula is C23H34ClN7O. The molecule has 0 aliphatic heterocycles. The molecule has 0 aromatic carbocycles. The summed E-state index contributed by atoms with van der Waals surface area (Å²) in [6.07, 6.45) is 10.1. The molecule has 0 spiro atoms. The highest BCUT2D eigenvalue weighted by atomic mass is 35.5. The number of methoxy groups -OCH3 is 1. The van der Waals surface area contributed by atoms with Gasteiger partial charge in [-0.25, -0.2) is 19.9 Å². The Balaban J connectivity index is 1.36. The van der Waals surface area contributed by atoms with Crippen molar-refractivity contribution in [3.05, 3.63) is 23.6 Å². The molecule has 2 saturated carbocycles. The van der Waals surface area contributed by atoms with Gasteiger partial charge >= 0.3 is 0 Å². The van der Waals surface area contributed by atoms with Gasteiger partial charge in [-0.15, -0.1) is 0 Å². The molecule has 4 rings (SSSR count). The van der Waals surface area contributed by atoms with Gasteiger partial charge in [0, 0.05) is 37.8 Å². The zero-order chi connectivity index (χ0) is 22.6. The Morgan fingerprint density at radius 3 is 2.62 bits per heavy atom. The van der Waals surface area contributed by atoms with Crippen LogP contribution in [0, 0.1) is 5.41 Å². The second-order valence-electron chi connectivity index (χ2n) is 9.56. The van der Waals surface area contributed by atoms with E-state index in [9.17, 15) is 0 Å². The van der Waals surface area contributed by atoms with E-state index < -0.39 is 0 Å². The summed E-state index contributed by atoms with van der Waals surface area (Å²) in [5.41, 5.74) is 1.71. The highest BCUT2D eigenvalue weighted by molar-refractivity contribution is 6.32. The summed E-state index contributed by atoms with van der Waals surface area (Å²) in [5.74, 6) is 1.38. The first kappa shape index (κ1) is 23.1. The Labute approximate surface area is 195 Å². The fourth-order valence-electron chi connectivity index (χ4n) is 4.18. The number of hydrogen-bond acceptors (Lipinski definition) is 8. The Kier molecular flexibility index (Phi) is 7.43. The summed E-state index contributed by atoms with van der Waals surface area (Å²) in [5, 5.41) is 11.0.